The van der Waals surface area contributed by atoms with Crippen LogP contribution >= 0.6 is 0 Å². The third kappa shape index (κ3) is 3.22. The van der Waals surface area contributed by atoms with E-state index in [9.17, 15) is 9.59 Å². The Morgan fingerprint density at radius 3 is 2.83 bits per heavy atom. The number of amides is 1. The molecule has 0 bridgehead atoms. The van der Waals surface area contributed by atoms with E-state index in [1.54, 1.807) is 24.5 Å². The van der Waals surface area contributed by atoms with Crippen molar-refractivity contribution < 1.29 is 9.21 Å². The molecule has 0 radical (unpaired) electrons. The van der Waals surface area contributed by atoms with E-state index in [4.69, 9.17) is 4.42 Å². The summed E-state index contributed by atoms with van der Waals surface area (Å²) >= 11 is 0. The lowest BCUT2D eigenvalue weighted by atomic mass is 10.2. The van der Waals surface area contributed by atoms with Crippen LogP contribution in [0.5, 0.6) is 0 Å². The van der Waals surface area contributed by atoms with Gasteiger partial charge in [-0.3, -0.25) is 9.78 Å². The summed E-state index contributed by atoms with van der Waals surface area (Å²) in [6.45, 7) is 3.41. The molecule has 0 unspecified atom stereocenters. The van der Waals surface area contributed by atoms with Crippen LogP contribution in [-0.4, -0.2) is 51.6 Å². The fraction of sp³-hybridized carbons (Fsp3) is 0.200. The number of para-hydroxylation sites is 2. The molecule has 1 fully saturated rings. The molecule has 10 nitrogen and oxygen atoms in total. The summed E-state index contributed by atoms with van der Waals surface area (Å²) < 4.78 is 6.95. The van der Waals surface area contributed by atoms with Crippen LogP contribution in [0.15, 0.2) is 58.1 Å². The van der Waals surface area contributed by atoms with E-state index in [0.29, 0.717) is 16.7 Å². The fourth-order valence-electron chi connectivity index (χ4n) is 3.59. The Morgan fingerprint density at radius 1 is 1.13 bits per heavy atom. The first-order chi connectivity index (χ1) is 14.7. The van der Waals surface area contributed by atoms with Crippen molar-refractivity contribution in [2.24, 2.45) is 0 Å². The zero-order valence-corrected chi connectivity index (χ0v) is 16.0. The van der Waals surface area contributed by atoms with Crippen molar-refractivity contribution in [2.45, 2.75) is 0 Å². The summed E-state index contributed by atoms with van der Waals surface area (Å²) in [5.74, 6) is -0.494. The van der Waals surface area contributed by atoms with Crippen molar-refractivity contribution in [3.63, 3.8) is 0 Å². The average Bonchev–Trinajstić information content (AvgIpc) is 3.38. The molecule has 4 heterocycles. The maximum Gasteiger partial charge on any atom is 0.333 e. The molecule has 0 spiro atoms. The minimum atomic E-state index is -0.515. The third-order valence-corrected chi connectivity index (χ3v) is 5.00. The van der Waals surface area contributed by atoms with Gasteiger partial charge >= 0.3 is 11.6 Å². The highest BCUT2D eigenvalue weighted by Crippen LogP contribution is 2.25. The zero-order valence-electron chi connectivity index (χ0n) is 16.0. The summed E-state index contributed by atoms with van der Waals surface area (Å²) in [6, 6.07) is 9.08. The van der Waals surface area contributed by atoms with Gasteiger partial charge in [0.15, 0.2) is 0 Å². The van der Waals surface area contributed by atoms with Crippen LogP contribution in [0.1, 0.15) is 10.7 Å². The molecule has 4 aromatic rings. The quantitative estimate of drug-likeness (QED) is 0.469. The number of pyridine rings is 1. The van der Waals surface area contributed by atoms with Crippen molar-refractivity contribution in [3.8, 4) is 5.88 Å². The largest absolute Gasteiger partial charge is 0.415 e. The number of carbonyl (C=O) groups excluding carboxylic acids is 1. The molecule has 3 aromatic heterocycles. The topological polar surface area (TPSA) is 121 Å². The van der Waals surface area contributed by atoms with Gasteiger partial charge in [-0.15, -0.1) is 0 Å². The molecule has 152 valence electrons. The predicted molar refractivity (Wildman–Crippen MR) is 111 cm³/mol. The maximum absolute atomic E-state index is 12.8. The molecule has 3 N–H and O–H groups in total. The first kappa shape index (κ1) is 18.1. The number of hydrogen-bond donors (Lipinski definition) is 3. The number of rotatable bonds is 4. The van der Waals surface area contributed by atoms with Crippen LogP contribution in [0.2, 0.25) is 0 Å². The smallest absolute Gasteiger partial charge is 0.333 e. The Balaban J connectivity index is 1.42. The first-order valence-corrected chi connectivity index (χ1v) is 9.58. The van der Waals surface area contributed by atoms with Gasteiger partial charge in [-0.25, -0.2) is 14.3 Å². The van der Waals surface area contributed by atoms with Gasteiger partial charge in [0.05, 0.1) is 34.8 Å². The second-order valence-corrected chi connectivity index (χ2v) is 6.87. The lowest BCUT2D eigenvalue weighted by Gasteiger charge is -2.30. The van der Waals surface area contributed by atoms with Crippen LogP contribution < -0.4 is 21.2 Å². The van der Waals surface area contributed by atoms with Crippen molar-refractivity contribution in [1.82, 2.24) is 24.8 Å². The number of aromatic nitrogens is 4. The summed E-state index contributed by atoms with van der Waals surface area (Å²) in [4.78, 5) is 38.2. The molecule has 0 atom stereocenters. The number of benzene rings is 1. The number of piperazine rings is 1. The lowest BCUT2D eigenvalue weighted by Crippen LogP contribution is -2.43. The van der Waals surface area contributed by atoms with Gasteiger partial charge in [-0.05, 0) is 18.2 Å². The van der Waals surface area contributed by atoms with E-state index in [-0.39, 0.29) is 17.5 Å². The Morgan fingerprint density at radius 2 is 1.97 bits per heavy atom. The van der Waals surface area contributed by atoms with E-state index in [1.165, 1.54) is 10.8 Å². The van der Waals surface area contributed by atoms with Crippen LogP contribution in [-0.2, 0) is 0 Å². The van der Waals surface area contributed by atoms with Crippen molar-refractivity contribution in [3.05, 3.63) is 65.3 Å². The molecule has 1 aromatic carbocycles. The molecule has 1 aliphatic heterocycles. The van der Waals surface area contributed by atoms with Crippen molar-refractivity contribution in [1.29, 1.82) is 0 Å². The number of oxazole rings is 1. The van der Waals surface area contributed by atoms with Crippen LogP contribution in [0.25, 0.3) is 16.9 Å². The van der Waals surface area contributed by atoms with Crippen molar-refractivity contribution in [2.75, 3.05) is 36.4 Å². The van der Waals surface area contributed by atoms with Gasteiger partial charge in [0.1, 0.15) is 0 Å². The third-order valence-electron chi connectivity index (χ3n) is 5.00. The number of nitrogens with zero attached hydrogens (tertiary/aromatic N) is 4. The van der Waals surface area contributed by atoms with E-state index < -0.39 is 5.91 Å². The number of hydrogen-bond acceptors (Lipinski definition) is 7. The molecule has 1 aliphatic rings. The van der Waals surface area contributed by atoms with Crippen LogP contribution in [0, 0.1) is 0 Å². The van der Waals surface area contributed by atoms with E-state index in [0.717, 1.165) is 31.9 Å². The predicted octanol–water partition coefficient (Wildman–Crippen LogP) is 1.36. The molecule has 10 heteroatoms. The van der Waals surface area contributed by atoms with E-state index in [2.05, 4.69) is 30.5 Å². The highest BCUT2D eigenvalue weighted by Gasteiger charge is 2.20. The molecule has 1 amide bonds. The van der Waals surface area contributed by atoms with Gasteiger partial charge in [0.25, 0.3) is 5.89 Å². The van der Waals surface area contributed by atoms with E-state index in [1.807, 2.05) is 18.2 Å². The number of aromatic amines is 1. The summed E-state index contributed by atoms with van der Waals surface area (Å²) in [5.41, 5.74) is 2.40. The molecule has 1 saturated heterocycles. The molecule has 5 rings (SSSR count). The monoisotopic (exact) mass is 405 g/mol. The summed E-state index contributed by atoms with van der Waals surface area (Å²) in [7, 11) is 0. The maximum atomic E-state index is 12.8. The van der Waals surface area contributed by atoms with Gasteiger partial charge in [-0.2, -0.15) is 0 Å². The highest BCUT2D eigenvalue weighted by molar-refractivity contribution is 6.03. The fourth-order valence-corrected chi connectivity index (χ4v) is 3.59. The Kier molecular flexibility index (Phi) is 4.52. The Labute approximate surface area is 170 Å². The van der Waals surface area contributed by atoms with Gasteiger partial charge in [0, 0.05) is 32.4 Å². The average molecular weight is 405 g/mol. The number of imidazole rings is 1. The second kappa shape index (κ2) is 7.48. The number of anilines is 2. The van der Waals surface area contributed by atoms with Gasteiger partial charge < -0.3 is 24.9 Å². The summed E-state index contributed by atoms with van der Waals surface area (Å²) in [5, 5.41) is 6.12. The number of H-pyrrole nitrogens is 1. The molecular weight excluding hydrogens is 386 g/mol. The minimum Gasteiger partial charge on any atom is -0.415 e. The number of carbonyl (C=O) groups is 1. The van der Waals surface area contributed by atoms with Crippen LogP contribution in [0.3, 0.4) is 0 Å². The SMILES string of the molecule is O=C(Nc1cnccc1N1CCNCC1)c1ncc(-n2c(=O)[nH]c3ccccc32)o1. The number of fused-ring (bicyclic) bond motifs is 1. The summed E-state index contributed by atoms with van der Waals surface area (Å²) in [6.07, 6.45) is 4.65. The lowest BCUT2D eigenvalue weighted by molar-refractivity contribution is 0.0990. The molecule has 0 aliphatic carbocycles. The second-order valence-electron chi connectivity index (χ2n) is 6.87. The van der Waals surface area contributed by atoms with Gasteiger partial charge in [0.2, 0.25) is 5.88 Å². The Hall–Kier alpha value is -3.92. The van der Waals surface area contributed by atoms with Crippen LogP contribution in [0.4, 0.5) is 11.4 Å². The molecule has 0 saturated carbocycles. The first-order valence-electron chi connectivity index (χ1n) is 9.58. The van der Waals surface area contributed by atoms with E-state index >= 15 is 0 Å². The Bertz CT molecular complexity index is 1270. The van der Waals surface area contributed by atoms with Crippen molar-refractivity contribution >= 4 is 28.3 Å². The minimum absolute atomic E-state index is 0.141. The highest BCUT2D eigenvalue weighted by atomic mass is 16.4. The zero-order chi connectivity index (χ0) is 20.5. The normalized spacial score (nSPS) is 14.2. The number of nitrogens with one attached hydrogen (secondary N) is 3. The molecule has 30 heavy (non-hydrogen) atoms. The molecular formula is C20H19N7O3. The standard InChI is InChI=1S/C20H19N7O3/c28-18(24-14-11-22-6-5-15(14)26-9-7-21-8-10-26)19-23-12-17(30-19)27-16-4-2-1-3-13(16)25-20(27)29/h1-6,11-12,21H,7-10H2,(H,24,28)(H,25,29). The van der Waals surface area contributed by atoms with Gasteiger partial charge in [-0.1, -0.05) is 12.1 Å².